The third kappa shape index (κ3) is 2.21. The molecule has 0 spiro atoms. The minimum absolute atomic E-state index is 0.308. The Morgan fingerprint density at radius 1 is 0.882 bits per heavy atom. The van der Waals surface area contributed by atoms with Gasteiger partial charge in [0, 0.05) is 18.6 Å². The van der Waals surface area contributed by atoms with E-state index in [0.717, 1.165) is 12.5 Å². The van der Waals surface area contributed by atoms with Gasteiger partial charge in [-0.3, -0.25) is 9.80 Å². The third-order valence-electron chi connectivity index (χ3n) is 4.95. The molecule has 2 aliphatic heterocycles. The largest absolute Gasteiger partial charge is 0.299 e. The molecule has 1 saturated carbocycles. The second-order valence-corrected chi connectivity index (χ2v) is 5.91. The van der Waals surface area contributed by atoms with Gasteiger partial charge in [0.25, 0.3) is 0 Å². The van der Waals surface area contributed by atoms with Crippen molar-refractivity contribution in [2.24, 2.45) is 5.92 Å². The number of hydrogen-bond donors (Lipinski definition) is 0. The molecule has 17 heavy (non-hydrogen) atoms. The molecule has 3 fully saturated rings. The van der Waals surface area contributed by atoms with Crippen molar-refractivity contribution in [3.8, 4) is 6.07 Å². The average molecular weight is 233 g/mol. The summed E-state index contributed by atoms with van der Waals surface area (Å²) in [5.41, 5.74) is 0. The highest BCUT2D eigenvalue weighted by Crippen LogP contribution is 2.32. The minimum Gasteiger partial charge on any atom is -0.299 e. The second kappa shape index (κ2) is 4.96. The first kappa shape index (κ1) is 11.5. The summed E-state index contributed by atoms with van der Waals surface area (Å²) in [6, 6.07) is 3.90. The van der Waals surface area contributed by atoms with E-state index in [1.165, 1.54) is 58.3 Å². The van der Waals surface area contributed by atoms with Gasteiger partial charge in [0.2, 0.25) is 0 Å². The molecule has 3 aliphatic rings. The highest BCUT2D eigenvalue weighted by molar-refractivity contribution is 4.99. The van der Waals surface area contributed by atoms with Crippen LogP contribution in [0, 0.1) is 17.2 Å². The lowest BCUT2D eigenvalue weighted by atomic mass is 10.0. The van der Waals surface area contributed by atoms with Crippen LogP contribution >= 0.6 is 0 Å². The standard InChI is InChI=1S/C14H23N3/c15-10-12-4-1-6-14(12)17-9-3-8-16-7-2-5-13(16)11-17/h12-14H,1-9,11H2. The van der Waals surface area contributed by atoms with E-state index in [0.29, 0.717) is 12.0 Å². The van der Waals surface area contributed by atoms with E-state index in [1.54, 1.807) is 0 Å². The highest BCUT2D eigenvalue weighted by atomic mass is 15.3. The fourth-order valence-corrected chi connectivity index (χ4v) is 4.06. The van der Waals surface area contributed by atoms with Crippen molar-refractivity contribution in [1.82, 2.24) is 9.80 Å². The van der Waals surface area contributed by atoms with Crippen molar-refractivity contribution < 1.29 is 0 Å². The molecule has 3 unspecified atom stereocenters. The monoisotopic (exact) mass is 233 g/mol. The Kier molecular flexibility index (Phi) is 3.35. The van der Waals surface area contributed by atoms with Gasteiger partial charge in [-0.15, -0.1) is 0 Å². The molecule has 0 aromatic heterocycles. The van der Waals surface area contributed by atoms with Crippen LogP contribution in [0.2, 0.25) is 0 Å². The van der Waals surface area contributed by atoms with E-state index in [-0.39, 0.29) is 0 Å². The molecule has 3 rings (SSSR count). The molecule has 0 aromatic carbocycles. The van der Waals surface area contributed by atoms with Crippen molar-refractivity contribution in [2.75, 3.05) is 26.2 Å². The third-order valence-corrected chi connectivity index (χ3v) is 4.95. The fourth-order valence-electron chi connectivity index (χ4n) is 4.06. The maximum Gasteiger partial charge on any atom is 0.0672 e. The van der Waals surface area contributed by atoms with E-state index in [1.807, 2.05) is 0 Å². The number of rotatable bonds is 1. The molecule has 3 atom stereocenters. The van der Waals surface area contributed by atoms with Crippen LogP contribution in [-0.2, 0) is 0 Å². The van der Waals surface area contributed by atoms with Gasteiger partial charge in [0.1, 0.15) is 0 Å². The summed E-state index contributed by atoms with van der Waals surface area (Å²) in [6.45, 7) is 5.04. The van der Waals surface area contributed by atoms with Crippen LogP contribution < -0.4 is 0 Å². The Bertz CT molecular complexity index is 309. The van der Waals surface area contributed by atoms with Crippen LogP contribution in [0.5, 0.6) is 0 Å². The molecule has 94 valence electrons. The van der Waals surface area contributed by atoms with Crippen LogP contribution in [0.3, 0.4) is 0 Å². The smallest absolute Gasteiger partial charge is 0.0672 e. The van der Waals surface area contributed by atoms with E-state index in [2.05, 4.69) is 15.9 Å². The molecule has 1 aliphatic carbocycles. The zero-order chi connectivity index (χ0) is 11.7. The van der Waals surface area contributed by atoms with Crippen LogP contribution in [0.4, 0.5) is 0 Å². The SMILES string of the molecule is N#CC1CCCC1N1CCCN2CCCC2C1. The molecular weight excluding hydrogens is 210 g/mol. The minimum atomic E-state index is 0.308. The molecular formula is C14H23N3. The van der Waals surface area contributed by atoms with Gasteiger partial charge in [0.05, 0.1) is 12.0 Å². The molecule has 0 radical (unpaired) electrons. The summed E-state index contributed by atoms with van der Waals surface area (Å²) in [4.78, 5) is 5.33. The normalized spacial score (nSPS) is 39.8. The second-order valence-electron chi connectivity index (χ2n) is 5.91. The van der Waals surface area contributed by atoms with Gasteiger partial charge in [-0.05, 0) is 51.7 Å². The Morgan fingerprint density at radius 2 is 1.71 bits per heavy atom. The summed E-state index contributed by atoms with van der Waals surface area (Å²) >= 11 is 0. The van der Waals surface area contributed by atoms with Crippen molar-refractivity contribution >= 4 is 0 Å². The summed E-state index contributed by atoms with van der Waals surface area (Å²) in [7, 11) is 0. The molecule has 0 bridgehead atoms. The van der Waals surface area contributed by atoms with Gasteiger partial charge >= 0.3 is 0 Å². The summed E-state index contributed by atoms with van der Waals surface area (Å²) in [5, 5.41) is 9.24. The Balaban J connectivity index is 1.68. The molecule has 2 heterocycles. The molecule has 3 nitrogen and oxygen atoms in total. The van der Waals surface area contributed by atoms with Crippen molar-refractivity contribution in [2.45, 2.75) is 50.6 Å². The zero-order valence-electron chi connectivity index (χ0n) is 10.6. The Labute approximate surface area is 104 Å². The molecule has 0 aromatic rings. The first-order chi connectivity index (χ1) is 8.38. The predicted octanol–water partition coefficient (Wildman–Crippen LogP) is 1.85. The molecule has 2 saturated heterocycles. The fraction of sp³-hybridized carbons (Fsp3) is 0.929. The lowest BCUT2D eigenvalue weighted by Crippen LogP contribution is -2.43. The quantitative estimate of drug-likeness (QED) is 0.692. The summed E-state index contributed by atoms with van der Waals surface area (Å²) < 4.78 is 0. The van der Waals surface area contributed by atoms with Crippen LogP contribution in [0.25, 0.3) is 0 Å². The lowest BCUT2D eigenvalue weighted by Gasteiger charge is -2.31. The highest BCUT2D eigenvalue weighted by Gasteiger charge is 2.36. The van der Waals surface area contributed by atoms with E-state index < -0.39 is 0 Å². The number of nitrogens with zero attached hydrogens (tertiary/aromatic N) is 3. The molecule has 0 amide bonds. The van der Waals surface area contributed by atoms with Gasteiger partial charge in [-0.2, -0.15) is 5.26 Å². The average Bonchev–Trinajstić information content (AvgIpc) is 2.94. The van der Waals surface area contributed by atoms with E-state index in [9.17, 15) is 5.26 Å². The number of nitriles is 1. The topological polar surface area (TPSA) is 30.3 Å². The van der Waals surface area contributed by atoms with Gasteiger partial charge in [-0.1, -0.05) is 6.42 Å². The predicted molar refractivity (Wildman–Crippen MR) is 67.5 cm³/mol. The van der Waals surface area contributed by atoms with Crippen molar-refractivity contribution in [3.63, 3.8) is 0 Å². The van der Waals surface area contributed by atoms with E-state index >= 15 is 0 Å². The molecule has 3 heteroatoms. The van der Waals surface area contributed by atoms with Crippen molar-refractivity contribution in [1.29, 1.82) is 5.26 Å². The maximum atomic E-state index is 9.24. The first-order valence-corrected chi connectivity index (χ1v) is 7.26. The number of fused-ring (bicyclic) bond motifs is 1. The van der Waals surface area contributed by atoms with Gasteiger partial charge < -0.3 is 0 Å². The zero-order valence-corrected chi connectivity index (χ0v) is 10.6. The Morgan fingerprint density at radius 3 is 2.59 bits per heavy atom. The summed E-state index contributed by atoms with van der Waals surface area (Å²) in [5.74, 6) is 0.308. The van der Waals surface area contributed by atoms with E-state index in [4.69, 9.17) is 0 Å². The van der Waals surface area contributed by atoms with Crippen molar-refractivity contribution in [3.05, 3.63) is 0 Å². The Hall–Kier alpha value is -0.590. The maximum absolute atomic E-state index is 9.24. The number of hydrogen-bond acceptors (Lipinski definition) is 3. The van der Waals surface area contributed by atoms with Crippen LogP contribution in [0.15, 0.2) is 0 Å². The van der Waals surface area contributed by atoms with Gasteiger partial charge in [-0.25, -0.2) is 0 Å². The first-order valence-electron chi connectivity index (χ1n) is 7.26. The lowest BCUT2D eigenvalue weighted by molar-refractivity contribution is 0.158. The van der Waals surface area contributed by atoms with Crippen LogP contribution in [0.1, 0.15) is 38.5 Å². The van der Waals surface area contributed by atoms with Crippen LogP contribution in [-0.4, -0.2) is 48.1 Å². The van der Waals surface area contributed by atoms with Gasteiger partial charge in [0.15, 0.2) is 0 Å². The summed E-state index contributed by atoms with van der Waals surface area (Å²) in [6.07, 6.45) is 7.70. The molecule has 0 N–H and O–H groups in total.